The topological polar surface area (TPSA) is 68.2 Å². The molecule has 1 unspecified atom stereocenters. The Balaban J connectivity index is 2.38. The molecule has 0 spiro atoms. The molecule has 2 rings (SSSR count). The zero-order chi connectivity index (χ0) is 15.6. The lowest BCUT2D eigenvalue weighted by Crippen LogP contribution is -2.34. The Hall–Kier alpha value is -1.95. The Kier molecular flexibility index (Phi) is 4.27. The van der Waals surface area contributed by atoms with Crippen LogP contribution >= 0.6 is 0 Å². The summed E-state index contributed by atoms with van der Waals surface area (Å²) in [6.45, 7) is 2.55. The molecule has 1 amide bonds. The third kappa shape index (κ3) is 2.90. The quantitative estimate of drug-likeness (QED) is 0.907. The van der Waals surface area contributed by atoms with E-state index >= 15 is 0 Å². The first-order valence-corrected chi connectivity index (χ1v) is 6.74. The predicted molar refractivity (Wildman–Crippen MR) is 77.2 cm³/mol. The van der Waals surface area contributed by atoms with Crippen LogP contribution in [-0.2, 0) is 0 Å². The highest BCUT2D eigenvalue weighted by molar-refractivity contribution is 5.98. The highest BCUT2D eigenvalue weighted by atomic mass is 16.5. The maximum atomic E-state index is 12.6. The van der Waals surface area contributed by atoms with Crippen molar-refractivity contribution in [2.45, 2.75) is 18.9 Å². The Bertz CT molecular complexity index is 541. The summed E-state index contributed by atoms with van der Waals surface area (Å²) in [6, 6.07) is 3.32. The number of likely N-dealkylation sites (tertiary alicyclic amines) is 1. The number of β-amino-alcohol motifs (C(OH)–C–C–N with tert-alkyl or cyclic N) is 1. The van der Waals surface area contributed by atoms with E-state index in [2.05, 4.69) is 0 Å². The van der Waals surface area contributed by atoms with Gasteiger partial charge in [0.05, 0.1) is 32.5 Å². The molecule has 1 aliphatic heterocycles. The second-order valence-electron chi connectivity index (χ2n) is 5.36. The van der Waals surface area contributed by atoms with Crippen LogP contribution in [0.5, 0.6) is 17.2 Å². The summed E-state index contributed by atoms with van der Waals surface area (Å²) in [5.41, 5.74) is -0.438. The van der Waals surface area contributed by atoms with E-state index in [4.69, 9.17) is 14.2 Å². The summed E-state index contributed by atoms with van der Waals surface area (Å²) in [5.74, 6) is 1.04. The highest BCUT2D eigenvalue weighted by Gasteiger charge is 2.35. The molecule has 6 nitrogen and oxygen atoms in total. The zero-order valence-corrected chi connectivity index (χ0v) is 12.8. The number of aliphatic hydroxyl groups is 1. The van der Waals surface area contributed by atoms with Gasteiger partial charge in [-0.05, 0) is 25.5 Å². The van der Waals surface area contributed by atoms with Gasteiger partial charge < -0.3 is 24.2 Å². The Labute approximate surface area is 124 Å². The molecular weight excluding hydrogens is 274 g/mol. The van der Waals surface area contributed by atoms with Crippen LogP contribution in [0.1, 0.15) is 23.7 Å². The summed E-state index contributed by atoms with van der Waals surface area (Å²) >= 11 is 0. The third-order valence-electron chi connectivity index (χ3n) is 3.67. The lowest BCUT2D eigenvalue weighted by atomic mass is 10.1. The molecule has 1 aliphatic rings. The first kappa shape index (κ1) is 15.4. The van der Waals surface area contributed by atoms with Crippen LogP contribution in [0.2, 0.25) is 0 Å². The van der Waals surface area contributed by atoms with Gasteiger partial charge in [-0.15, -0.1) is 0 Å². The van der Waals surface area contributed by atoms with E-state index in [1.807, 2.05) is 0 Å². The molecule has 0 aromatic heterocycles. The van der Waals surface area contributed by atoms with Gasteiger partial charge in [0.2, 0.25) is 5.75 Å². The third-order valence-corrected chi connectivity index (χ3v) is 3.67. The average molecular weight is 295 g/mol. The molecule has 1 fully saturated rings. The van der Waals surface area contributed by atoms with Gasteiger partial charge in [-0.1, -0.05) is 0 Å². The van der Waals surface area contributed by atoms with Crippen LogP contribution in [0.3, 0.4) is 0 Å². The number of ether oxygens (including phenoxy) is 3. The highest BCUT2D eigenvalue weighted by Crippen LogP contribution is 2.40. The summed E-state index contributed by atoms with van der Waals surface area (Å²) in [7, 11) is 4.50. The Morgan fingerprint density at radius 2 is 1.86 bits per heavy atom. The van der Waals surface area contributed by atoms with Crippen LogP contribution in [0.4, 0.5) is 0 Å². The number of hydrogen-bond acceptors (Lipinski definition) is 5. The van der Waals surface area contributed by atoms with E-state index in [9.17, 15) is 9.90 Å². The van der Waals surface area contributed by atoms with Gasteiger partial charge in [0.15, 0.2) is 11.5 Å². The average Bonchev–Trinajstić information content (AvgIpc) is 2.84. The number of rotatable bonds is 4. The van der Waals surface area contributed by atoms with Crippen LogP contribution < -0.4 is 14.2 Å². The maximum Gasteiger partial charge on any atom is 0.257 e. The minimum Gasteiger partial charge on any atom is -0.493 e. The monoisotopic (exact) mass is 295 g/mol. The number of methoxy groups -OCH3 is 3. The van der Waals surface area contributed by atoms with Crippen LogP contribution in [0.25, 0.3) is 0 Å². The van der Waals surface area contributed by atoms with E-state index in [-0.39, 0.29) is 5.91 Å². The lowest BCUT2D eigenvalue weighted by Gasteiger charge is -2.21. The Morgan fingerprint density at radius 3 is 2.33 bits per heavy atom. The fourth-order valence-electron chi connectivity index (χ4n) is 2.56. The van der Waals surface area contributed by atoms with Crippen molar-refractivity contribution in [1.82, 2.24) is 4.90 Å². The number of benzene rings is 1. The van der Waals surface area contributed by atoms with Crippen molar-refractivity contribution in [2.24, 2.45) is 0 Å². The molecule has 1 saturated heterocycles. The molecule has 0 saturated carbocycles. The largest absolute Gasteiger partial charge is 0.493 e. The van der Waals surface area contributed by atoms with Crippen molar-refractivity contribution < 1.29 is 24.1 Å². The van der Waals surface area contributed by atoms with E-state index in [0.29, 0.717) is 42.3 Å². The molecule has 0 radical (unpaired) electrons. The first-order valence-electron chi connectivity index (χ1n) is 6.74. The van der Waals surface area contributed by atoms with Crippen LogP contribution in [-0.4, -0.2) is 55.9 Å². The zero-order valence-electron chi connectivity index (χ0n) is 12.8. The summed E-state index contributed by atoms with van der Waals surface area (Å²) in [4.78, 5) is 14.2. The van der Waals surface area contributed by atoms with Gasteiger partial charge >= 0.3 is 0 Å². The minimum absolute atomic E-state index is 0.189. The molecule has 1 N–H and O–H groups in total. The van der Waals surface area contributed by atoms with Crippen molar-refractivity contribution in [3.05, 3.63) is 17.7 Å². The summed E-state index contributed by atoms with van der Waals surface area (Å²) in [6.07, 6.45) is 0.564. The van der Waals surface area contributed by atoms with Gasteiger partial charge in [0.1, 0.15) is 0 Å². The smallest absolute Gasteiger partial charge is 0.257 e. The fourth-order valence-corrected chi connectivity index (χ4v) is 2.56. The van der Waals surface area contributed by atoms with Gasteiger partial charge in [-0.3, -0.25) is 4.79 Å². The van der Waals surface area contributed by atoms with E-state index in [0.717, 1.165) is 0 Å². The SMILES string of the molecule is COc1ccc(C(=O)N2CCC(C)(O)C2)c(OC)c1OC. The number of nitrogens with zero attached hydrogens (tertiary/aromatic N) is 1. The number of carbonyl (C=O) groups excluding carboxylic acids is 1. The van der Waals surface area contributed by atoms with Gasteiger partial charge in [0.25, 0.3) is 5.91 Å². The maximum absolute atomic E-state index is 12.6. The molecule has 21 heavy (non-hydrogen) atoms. The number of hydrogen-bond donors (Lipinski definition) is 1. The molecule has 0 bridgehead atoms. The molecule has 1 atom stereocenters. The second kappa shape index (κ2) is 5.81. The van der Waals surface area contributed by atoms with Crippen molar-refractivity contribution in [2.75, 3.05) is 34.4 Å². The first-order chi connectivity index (χ1) is 9.93. The van der Waals surface area contributed by atoms with E-state index in [1.54, 1.807) is 24.0 Å². The normalized spacial score (nSPS) is 21.3. The second-order valence-corrected chi connectivity index (χ2v) is 5.36. The molecule has 1 aromatic carbocycles. The van der Waals surface area contributed by atoms with Gasteiger partial charge in [-0.2, -0.15) is 0 Å². The molecule has 1 heterocycles. The van der Waals surface area contributed by atoms with Gasteiger partial charge in [0, 0.05) is 13.1 Å². The number of amides is 1. The summed E-state index contributed by atoms with van der Waals surface area (Å²) in [5, 5.41) is 10.0. The van der Waals surface area contributed by atoms with Crippen molar-refractivity contribution in [3.63, 3.8) is 0 Å². The van der Waals surface area contributed by atoms with Crippen molar-refractivity contribution >= 4 is 5.91 Å². The molecular formula is C15H21NO5. The summed E-state index contributed by atoms with van der Waals surface area (Å²) < 4.78 is 15.8. The van der Waals surface area contributed by atoms with Crippen molar-refractivity contribution in [3.8, 4) is 17.2 Å². The fraction of sp³-hybridized carbons (Fsp3) is 0.533. The molecule has 6 heteroatoms. The molecule has 0 aliphatic carbocycles. The standard InChI is InChI=1S/C15H21NO5/c1-15(18)7-8-16(9-15)14(17)10-5-6-11(19-2)13(21-4)12(10)20-3/h5-6,18H,7-9H2,1-4H3. The van der Waals surface area contributed by atoms with E-state index in [1.165, 1.54) is 21.3 Å². The minimum atomic E-state index is -0.834. The van der Waals surface area contributed by atoms with E-state index < -0.39 is 5.60 Å². The molecule has 1 aromatic rings. The van der Waals surface area contributed by atoms with Crippen LogP contribution in [0.15, 0.2) is 12.1 Å². The van der Waals surface area contributed by atoms with Crippen LogP contribution in [0, 0.1) is 0 Å². The van der Waals surface area contributed by atoms with Crippen molar-refractivity contribution in [1.29, 1.82) is 0 Å². The predicted octanol–water partition coefficient (Wildman–Crippen LogP) is 1.31. The number of carbonyl (C=O) groups is 1. The lowest BCUT2D eigenvalue weighted by molar-refractivity contribution is 0.0570. The Morgan fingerprint density at radius 1 is 1.19 bits per heavy atom. The molecule has 116 valence electrons. The van der Waals surface area contributed by atoms with Gasteiger partial charge in [-0.25, -0.2) is 0 Å².